The summed E-state index contributed by atoms with van der Waals surface area (Å²) in [4.78, 5) is 26.5. The minimum atomic E-state index is -0.0783. The summed E-state index contributed by atoms with van der Waals surface area (Å²) in [5.74, 6) is 0.597. The minimum Gasteiger partial charge on any atom is -0.490 e. The molecule has 5 heteroatoms. The lowest BCUT2D eigenvalue weighted by Crippen LogP contribution is -2.39. The van der Waals surface area contributed by atoms with E-state index in [1.54, 1.807) is 4.90 Å². The largest absolute Gasteiger partial charge is 0.490 e. The van der Waals surface area contributed by atoms with Crippen molar-refractivity contribution in [1.82, 2.24) is 5.32 Å². The topological polar surface area (TPSA) is 58.6 Å². The highest BCUT2D eigenvalue weighted by atomic mass is 16.5. The van der Waals surface area contributed by atoms with E-state index in [2.05, 4.69) is 17.4 Å². The third-order valence-electron chi connectivity index (χ3n) is 4.71. The third-order valence-corrected chi connectivity index (χ3v) is 4.71. The number of ether oxygens (including phenoxy) is 1. The van der Waals surface area contributed by atoms with Gasteiger partial charge in [0, 0.05) is 18.9 Å². The summed E-state index contributed by atoms with van der Waals surface area (Å²) < 4.78 is 5.57. The molecule has 1 aliphatic rings. The highest BCUT2D eigenvalue weighted by molar-refractivity contribution is 5.97. The normalized spacial score (nSPS) is 14.0. The van der Waals surface area contributed by atoms with E-state index in [9.17, 15) is 9.59 Å². The van der Waals surface area contributed by atoms with E-state index in [4.69, 9.17) is 4.74 Å². The van der Waals surface area contributed by atoms with E-state index in [-0.39, 0.29) is 30.7 Å². The fourth-order valence-electron chi connectivity index (χ4n) is 3.23. The quantitative estimate of drug-likeness (QED) is 0.818. The first-order valence-electron chi connectivity index (χ1n) is 9.49. The Hall–Kier alpha value is -2.82. The average molecular weight is 366 g/mol. The molecule has 2 aromatic rings. The van der Waals surface area contributed by atoms with Crippen LogP contribution in [0, 0.1) is 0 Å². The van der Waals surface area contributed by atoms with Gasteiger partial charge in [0.1, 0.15) is 12.4 Å². The van der Waals surface area contributed by atoms with E-state index < -0.39 is 0 Å². The molecule has 0 spiro atoms. The minimum absolute atomic E-state index is 0.0437. The number of benzene rings is 2. The summed E-state index contributed by atoms with van der Waals surface area (Å²) in [5, 5.41) is 2.99. The first-order valence-corrected chi connectivity index (χ1v) is 9.49. The van der Waals surface area contributed by atoms with Gasteiger partial charge in [-0.1, -0.05) is 42.5 Å². The maximum atomic E-state index is 12.6. The molecule has 3 rings (SSSR count). The number of nitrogens with one attached hydrogen (secondary N) is 1. The van der Waals surface area contributed by atoms with Crippen molar-refractivity contribution in [2.24, 2.45) is 0 Å². The standard InChI is InChI=1S/C22H26N2O3/c1-17(11-12-18-7-3-2-4-8-18)23-21(25)13-14-22(26)24-15-16-27-20-10-6-5-9-19(20)24/h2-10,17H,11-16H2,1H3,(H,23,25)/t17-/m1/s1. The molecular formula is C22H26N2O3. The van der Waals surface area contributed by atoms with Crippen LogP contribution in [0.5, 0.6) is 5.75 Å². The van der Waals surface area contributed by atoms with Crippen LogP contribution in [0.25, 0.3) is 0 Å². The second-order valence-electron chi connectivity index (χ2n) is 6.85. The van der Waals surface area contributed by atoms with Gasteiger partial charge in [-0.25, -0.2) is 0 Å². The van der Waals surface area contributed by atoms with Crippen molar-refractivity contribution in [3.8, 4) is 5.75 Å². The zero-order valence-corrected chi connectivity index (χ0v) is 15.7. The first-order chi connectivity index (χ1) is 13.1. The molecule has 1 atom stereocenters. The second-order valence-corrected chi connectivity index (χ2v) is 6.85. The van der Waals surface area contributed by atoms with Crippen molar-refractivity contribution in [3.05, 3.63) is 60.2 Å². The van der Waals surface area contributed by atoms with Crippen LogP contribution < -0.4 is 15.0 Å². The van der Waals surface area contributed by atoms with Crippen molar-refractivity contribution in [1.29, 1.82) is 0 Å². The van der Waals surface area contributed by atoms with E-state index in [1.165, 1.54) is 5.56 Å². The molecule has 1 N–H and O–H groups in total. The summed E-state index contributed by atoms with van der Waals surface area (Å²) >= 11 is 0. The van der Waals surface area contributed by atoms with Crippen LogP contribution in [0.4, 0.5) is 5.69 Å². The van der Waals surface area contributed by atoms with E-state index in [0.717, 1.165) is 24.3 Å². The van der Waals surface area contributed by atoms with E-state index >= 15 is 0 Å². The Bertz CT molecular complexity index is 776. The lowest BCUT2D eigenvalue weighted by atomic mass is 10.1. The Morgan fingerprint density at radius 3 is 2.63 bits per heavy atom. The highest BCUT2D eigenvalue weighted by Gasteiger charge is 2.23. The second kappa shape index (κ2) is 9.21. The van der Waals surface area contributed by atoms with Crippen LogP contribution in [0.2, 0.25) is 0 Å². The zero-order valence-electron chi connectivity index (χ0n) is 15.7. The fourth-order valence-corrected chi connectivity index (χ4v) is 3.23. The van der Waals surface area contributed by atoms with Gasteiger partial charge in [0.25, 0.3) is 0 Å². The Morgan fingerprint density at radius 1 is 1.07 bits per heavy atom. The molecule has 0 fully saturated rings. The van der Waals surface area contributed by atoms with E-state index in [0.29, 0.717) is 13.2 Å². The van der Waals surface area contributed by atoms with Gasteiger partial charge in [0.15, 0.2) is 0 Å². The molecule has 0 unspecified atom stereocenters. The number of nitrogens with zero attached hydrogens (tertiary/aromatic N) is 1. The molecule has 0 radical (unpaired) electrons. The molecule has 142 valence electrons. The summed E-state index contributed by atoms with van der Waals surface area (Å²) in [6.07, 6.45) is 2.20. The zero-order chi connectivity index (χ0) is 19.1. The number of carbonyl (C=O) groups is 2. The number of aryl methyl sites for hydroxylation is 1. The average Bonchev–Trinajstić information content (AvgIpc) is 2.71. The summed E-state index contributed by atoms with van der Waals surface area (Å²) in [6, 6.07) is 17.8. The Labute approximate surface area is 160 Å². The molecular weight excluding hydrogens is 340 g/mol. The SMILES string of the molecule is C[C@H](CCc1ccccc1)NC(=O)CCC(=O)N1CCOc2ccccc21. The number of hydrogen-bond acceptors (Lipinski definition) is 3. The monoisotopic (exact) mass is 366 g/mol. The van der Waals surface area contributed by atoms with Crippen LogP contribution in [0.1, 0.15) is 31.7 Å². The predicted molar refractivity (Wildman–Crippen MR) is 106 cm³/mol. The summed E-state index contributed by atoms with van der Waals surface area (Å²) in [5.41, 5.74) is 2.05. The lowest BCUT2D eigenvalue weighted by Gasteiger charge is -2.29. The van der Waals surface area contributed by atoms with Gasteiger partial charge in [-0.05, 0) is 37.5 Å². The van der Waals surface area contributed by atoms with Crippen LogP contribution in [-0.2, 0) is 16.0 Å². The Morgan fingerprint density at radius 2 is 1.81 bits per heavy atom. The number of fused-ring (bicyclic) bond motifs is 1. The molecule has 0 bridgehead atoms. The van der Waals surface area contributed by atoms with Gasteiger partial charge < -0.3 is 15.0 Å². The maximum absolute atomic E-state index is 12.6. The molecule has 0 saturated carbocycles. The van der Waals surface area contributed by atoms with Crippen LogP contribution in [0.15, 0.2) is 54.6 Å². The van der Waals surface area contributed by atoms with Gasteiger partial charge >= 0.3 is 0 Å². The van der Waals surface area contributed by atoms with Crippen molar-refractivity contribution in [2.75, 3.05) is 18.1 Å². The van der Waals surface area contributed by atoms with Crippen molar-refractivity contribution >= 4 is 17.5 Å². The van der Waals surface area contributed by atoms with Crippen molar-refractivity contribution in [2.45, 2.75) is 38.6 Å². The van der Waals surface area contributed by atoms with Gasteiger partial charge in [-0.3, -0.25) is 9.59 Å². The number of amides is 2. The predicted octanol–water partition coefficient (Wildman–Crippen LogP) is 3.33. The Balaban J connectivity index is 1.43. The van der Waals surface area contributed by atoms with Crippen molar-refractivity contribution < 1.29 is 14.3 Å². The van der Waals surface area contributed by atoms with Crippen LogP contribution in [-0.4, -0.2) is 31.0 Å². The number of rotatable bonds is 7. The number of anilines is 1. The number of para-hydroxylation sites is 2. The summed E-state index contributed by atoms with van der Waals surface area (Å²) in [6.45, 7) is 3.00. The molecule has 0 saturated heterocycles. The molecule has 0 aromatic heterocycles. The fraction of sp³-hybridized carbons (Fsp3) is 0.364. The highest BCUT2D eigenvalue weighted by Crippen LogP contribution is 2.31. The number of carbonyl (C=O) groups excluding carboxylic acids is 2. The van der Waals surface area contributed by atoms with Crippen LogP contribution >= 0.6 is 0 Å². The molecule has 0 aliphatic carbocycles. The summed E-state index contributed by atoms with van der Waals surface area (Å²) in [7, 11) is 0. The molecule has 5 nitrogen and oxygen atoms in total. The van der Waals surface area contributed by atoms with Gasteiger partial charge in [-0.2, -0.15) is 0 Å². The van der Waals surface area contributed by atoms with Crippen LogP contribution in [0.3, 0.4) is 0 Å². The van der Waals surface area contributed by atoms with Crippen molar-refractivity contribution in [3.63, 3.8) is 0 Å². The van der Waals surface area contributed by atoms with E-state index in [1.807, 2.05) is 49.4 Å². The molecule has 1 heterocycles. The molecule has 27 heavy (non-hydrogen) atoms. The van der Waals surface area contributed by atoms with Gasteiger partial charge in [0.2, 0.25) is 11.8 Å². The molecule has 2 aromatic carbocycles. The van der Waals surface area contributed by atoms with Gasteiger partial charge in [-0.15, -0.1) is 0 Å². The maximum Gasteiger partial charge on any atom is 0.227 e. The third kappa shape index (κ3) is 5.33. The Kier molecular flexibility index (Phi) is 6.47. The van der Waals surface area contributed by atoms with Gasteiger partial charge in [0.05, 0.1) is 12.2 Å². The molecule has 2 amide bonds. The smallest absolute Gasteiger partial charge is 0.227 e. The number of hydrogen-bond donors (Lipinski definition) is 1. The lowest BCUT2D eigenvalue weighted by molar-refractivity contribution is -0.125. The first kappa shape index (κ1) is 19.0. The molecule has 1 aliphatic heterocycles.